The minimum Gasteiger partial charge on any atom is -0.497 e. The molecule has 1 aliphatic rings. The zero-order valence-corrected chi connectivity index (χ0v) is 18.9. The molecule has 0 radical (unpaired) electrons. The highest BCUT2D eigenvalue weighted by atomic mass is 32.2. The quantitative estimate of drug-likeness (QED) is 0.483. The van der Waals surface area contributed by atoms with Gasteiger partial charge < -0.3 is 14.8 Å². The first-order valence-corrected chi connectivity index (χ1v) is 11.4. The van der Waals surface area contributed by atoms with Crippen molar-refractivity contribution >= 4 is 17.7 Å². The lowest BCUT2D eigenvalue weighted by molar-refractivity contribution is 0.0616. The molecule has 0 spiro atoms. The van der Waals surface area contributed by atoms with Crippen LogP contribution in [-0.2, 0) is 5.75 Å². The summed E-state index contributed by atoms with van der Waals surface area (Å²) in [6.07, 6.45) is 0.692. The van der Waals surface area contributed by atoms with Gasteiger partial charge in [-0.05, 0) is 43.7 Å². The molecule has 160 valence electrons. The van der Waals surface area contributed by atoms with Crippen LogP contribution < -0.4 is 14.8 Å². The summed E-state index contributed by atoms with van der Waals surface area (Å²) in [6, 6.07) is 23.7. The molecule has 0 aromatic heterocycles. The summed E-state index contributed by atoms with van der Waals surface area (Å²) in [6.45, 7) is 4.08. The molecule has 3 aromatic carbocycles. The molecule has 4 nitrogen and oxygen atoms in total. The Labute approximate surface area is 188 Å². The van der Waals surface area contributed by atoms with Gasteiger partial charge in [-0.3, -0.25) is 4.79 Å². The van der Waals surface area contributed by atoms with Crippen molar-refractivity contribution in [3.8, 4) is 11.5 Å². The van der Waals surface area contributed by atoms with Gasteiger partial charge in [-0.15, -0.1) is 11.8 Å². The summed E-state index contributed by atoms with van der Waals surface area (Å²) in [7, 11) is 1.64. The number of hydrogen-bond donors (Lipinski definition) is 1. The van der Waals surface area contributed by atoms with Gasteiger partial charge in [-0.25, -0.2) is 0 Å². The maximum atomic E-state index is 13.3. The minimum absolute atomic E-state index is 0.0689. The number of rotatable bonds is 6. The van der Waals surface area contributed by atoms with Gasteiger partial charge in [0.25, 0.3) is 5.91 Å². The molecule has 5 heteroatoms. The number of fused-ring (bicyclic) bond motifs is 1. The molecule has 3 aromatic rings. The van der Waals surface area contributed by atoms with Crippen LogP contribution >= 0.6 is 11.8 Å². The average Bonchev–Trinajstić information content (AvgIpc) is 2.77. The molecule has 0 fully saturated rings. The number of amides is 1. The van der Waals surface area contributed by atoms with Crippen LogP contribution in [0, 0.1) is 0 Å². The smallest absolute Gasteiger partial charge is 0.252 e. The van der Waals surface area contributed by atoms with Gasteiger partial charge >= 0.3 is 0 Å². The topological polar surface area (TPSA) is 47.6 Å². The molecule has 0 saturated carbocycles. The molecular formula is C26H27NO3S. The Morgan fingerprint density at radius 2 is 1.84 bits per heavy atom. The lowest BCUT2D eigenvalue weighted by atomic mass is 9.89. The van der Waals surface area contributed by atoms with Crippen molar-refractivity contribution in [3.63, 3.8) is 0 Å². The van der Waals surface area contributed by atoms with E-state index in [9.17, 15) is 4.79 Å². The second-order valence-corrected chi connectivity index (χ2v) is 9.28. The third-order valence-electron chi connectivity index (χ3n) is 5.35. The maximum Gasteiger partial charge on any atom is 0.252 e. The molecule has 1 atom stereocenters. The summed E-state index contributed by atoms with van der Waals surface area (Å²) in [4.78, 5) is 14.3. The summed E-state index contributed by atoms with van der Waals surface area (Å²) >= 11 is 1.68. The second kappa shape index (κ2) is 9.06. The van der Waals surface area contributed by atoms with Crippen LogP contribution in [0.2, 0.25) is 0 Å². The molecule has 1 amide bonds. The monoisotopic (exact) mass is 433 g/mol. The Balaban J connectivity index is 1.55. The van der Waals surface area contributed by atoms with Gasteiger partial charge in [0.2, 0.25) is 0 Å². The maximum absolute atomic E-state index is 13.3. The van der Waals surface area contributed by atoms with Gasteiger partial charge in [-0.1, -0.05) is 42.5 Å². The van der Waals surface area contributed by atoms with E-state index in [1.807, 2.05) is 74.5 Å². The Bertz CT molecular complexity index is 1070. The van der Waals surface area contributed by atoms with Crippen molar-refractivity contribution in [3.05, 3.63) is 89.5 Å². The standard InChI is InChI=1S/C26H27NO3S/c1-26(2)16-22(20-14-13-19(29-3)15-23(20)30-26)27-25(28)21-11-7-8-12-24(21)31-17-18-9-5-4-6-10-18/h4-15,22H,16-17H2,1-3H3,(H,27,28). The van der Waals surface area contributed by atoms with Gasteiger partial charge in [0.15, 0.2) is 0 Å². The van der Waals surface area contributed by atoms with Crippen molar-refractivity contribution in [2.24, 2.45) is 0 Å². The molecule has 1 unspecified atom stereocenters. The predicted molar refractivity (Wildman–Crippen MR) is 125 cm³/mol. The van der Waals surface area contributed by atoms with Crippen LogP contribution in [0.15, 0.2) is 77.7 Å². The number of carbonyl (C=O) groups excluding carboxylic acids is 1. The zero-order chi connectivity index (χ0) is 21.8. The van der Waals surface area contributed by atoms with Crippen LogP contribution in [0.25, 0.3) is 0 Å². The van der Waals surface area contributed by atoms with Crippen LogP contribution in [0.1, 0.15) is 47.8 Å². The molecule has 0 bridgehead atoms. The van der Waals surface area contributed by atoms with Crippen LogP contribution in [-0.4, -0.2) is 18.6 Å². The fourth-order valence-electron chi connectivity index (χ4n) is 3.84. The zero-order valence-electron chi connectivity index (χ0n) is 18.1. The third-order valence-corrected chi connectivity index (χ3v) is 6.50. The molecule has 0 saturated heterocycles. The van der Waals surface area contributed by atoms with Gasteiger partial charge in [-0.2, -0.15) is 0 Å². The second-order valence-electron chi connectivity index (χ2n) is 8.27. The van der Waals surface area contributed by atoms with Crippen molar-refractivity contribution in [2.75, 3.05) is 7.11 Å². The van der Waals surface area contributed by atoms with E-state index in [1.54, 1.807) is 18.9 Å². The number of carbonyl (C=O) groups is 1. The lowest BCUT2D eigenvalue weighted by Gasteiger charge is -2.38. The van der Waals surface area contributed by atoms with E-state index in [4.69, 9.17) is 9.47 Å². The lowest BCUT2D eigenvalue weighted by Crippen LogP contribution is -2.41. The molecule has 31 heavy (non-hydrogen) atoms. The van der Waals surface area contributed by atoms with E-state index in [0.717, 1.165) is 27.7 Å². The Morgan fingerprint density at radius 3 is 2.61 bits per heavy atom. The SMILES string of the molecule is COc1ccc2c(c1)OC(C)(C)CC2NC(=O)c1ccccc1SCc1ccccc1. The number of methoxy groups -OCH3 is 1. The molecule has 1 heterocycles. The first-order valence-electron chi connectivity index (χ1n) is 10.4. The Morgan fingerprint density at radius 1 is 1.10 bits per heavy atom. The summed E-state index contributed by atoms with van der Waals surface area (Å²) < 4.78 is 11.5. The molecular weight excluding hydrogens is 406 g/mol. The first kappa shape index (κ1) is 21.3. The first-order chi connectivity index (χ1) is 14.9. The number of nitrogens with one attached hydrogen (secondary N) is 1. The Kier molecular flexibility index (Phi) is 6.23. The van der Waals surface area contributed by atoms with Crippen molar-refractivity contribution in [2.45, 2.75) is 42.6 Å². The highest BCUT2D eigenvalue weighted by molar-refractivity contribution is 7.98. The van der Waals surface area contributed by atoms with E-state index >= 15 is 0 Å². The average molecular weight is 434 g/mol. The largest absolute Gasteiger partial charge is 0.497 e. The highest BCUT2D eigenvalue weighted by Crippen LogP contribution is 2.41. The molecule has 0 aliphatic carbocycles. The normalized spacial score (nSPS) is 16.7. The molecule has 1 N–H and O–H groups in total. The Hall–Kier alpha value is -2.92. The van der Waals surface area contributed by atoms with Crippen molar-refractivity contribution < 1.29 is 14.3 Å². The predicted octanol–water partition coefficient (Wildman–Crippen LogP) is 6.02. The fraction of sp³-hybridized carbons (Fsp3) is 0.269. The molecule has 4 rings (SSSR count). The minimum atomic E-state index is -0.390. The third kappa shape index (κ3) is 5.05. The summed E-state index contributed by atoms with van der Waals surface area (Å²) in [5.41, 5.74) is 2.52. The van der Waals surface area contributed by atoms with E-state index in [0.29, 0.717) is 12.0 Å². The number of benzene rings is 3. The number of ether oxygens (including phenoxy) is 2. The summed E-state index contributed by atoms with van der Waals surface area (Å²) in [5.74, 6) is 2.25. The van der Waals surface area contributed by atoms with Gasteiger partial charge in [0, 0.05) is 28.7 Å². The van der Waals surface area contributed by atoms with Crippen LogP contribution in [0.5, 0.6) is 11.5 Å². The van der Waals surface area contributed by atoms with E-state index in [1.165, 1.54) is 5.56 Å². The number of hydrogen-bond acceptors (Lipinski definition) is 4. The van der Waals surface area contributed by atoms with E-state index in [2.05, 4.69) is 17.4 Å². The van der Waals surface area contributed by atoms with E-state index < -0.39 is 0 Å². The van der Waals surface area contributed by atoms with Gasteiger partial charge in [0.1, 0.15) is 17.1 Å². The van der Waals surface area contributed by atoms with Crippen LogP contribution in [0.3, 0.4) is 0 Å². The van der Waals surface area contributed by atoms with Crippen molar-refractivity contribution in [1.29, 1.82) is 0 Å². The van der Waals surface area contributed by atoms with Crippen molar-refractivity contribution in [1.82, 2.24) is 5.32 Å². The number of thioether (sulfide) groups is 1. The summed E-state index contributed by atoms with van der Waals surface area (Å²) in [5, 5.41) is 3.25. The highest BCUT2D eigenvalue weighted by Gasteiger charge is 2.35. The molecule has 1 aliphatic heterocycles. The van der Waals surface area contributed by atoms with Gasteiger partial charge in [0.05, 0.1) is 18.7 Å². The fourth-order valence-corrected chi connectivity index (χ4v) is 4.84. The van der Waals surface area contributed by atoms with E-state index in [-0.39, 0.29) is 17.6 Å². The van der Waals surface area contributed by atoms with Crippen LogP contribution in [0.4, 0.5) is 0 Å².